The molecule has 19 heavy (non-hydrogen) atoms. The lowest BCUT2D eigenvalue weighted by atomic mass is 10.1. The summed E-state index contributed by atoms with van der Waals surface area (Å²) in [6.07, 6.45) is 2.31. The molecule has 3 heteroatoms. The van der Waals surface area contributed by atoms with Crippen molar-refractivity contribution in [2.24, 2.45) is 0 Å². The van der Waals surface area contributed by atoms with Crippen LogP contribution in [0.2, 0.25) is 0 Å². The number of rotatable bonds is 8. The van der Waals surface area contributed by atoms with Crippen LogP contribution in [0.5, 0.6) is 11.5 Å². The fourth-order valence-corrected chi connectivity index (χ4v) is 2.13. The van der Waals surface area contributed by atoms with Crippen molar-refractivity contribution in [2.45, 2.75) is 52.7 Å². The van der Waals surface area contributed by atoms with Gasteiger partial charge in [-0.05, 0) is 50.9 Å². The van der Waals surface area contributed by atoms with E-state index >= 15 is 0 Å². The molecule has 0 fully saturated rings. The summed E-state index contributed by atoms with van der Waals surface area (Å²) < 4.78 is 11.4. The van der Waals surface area contributed by atoms with Crippen LogP contribution in [0.25, 0.3) is 0 Å². The Bertz CT molecular complexity index is 379. The van der Waals surface area contributed by atoms with E-state index in [1.807, 2.05) is 25.1 Å². The summed E-state index contributed by atoms with van der Waals surface area (Å²) in [4.78, 5) is 0. The van der Waals surface area contributed by atoms with E-state index in [9.17, 15) is 0 Å². The first-order valence-electron chi connectivity index (χ1n) is 7.17. The van der Waals surface area contributed by atoms with E-state index in [4.69, 9.17) is 9.47 Å². The van der Waals surface area contributed by atoms with Gasteiger partial charge in [0.2, 0.25) is 0 Å². The maximum atomic E-state index is 6.05. The number of methoxy groups -OCH3 is 1. The first-order valence-corrected chi connectivity index (χ1v) is 7.17. The minimum absolute atomic E-state index is 0.119. The van der Waals surface area contributed by atoms with Gasteiger partial charge in [0.1, 0.15) is 6.10 Å². The summed E-state index contributed by atoms with van der Waals surface area (Å²) in [5, 5.41) is 3.52. The van der Waals surface area contributed by atoms with Crippen LogP contribution >= 0.6 is 0 Å². The molecule has 1 N–H and O–H groups in total. The molecule has 2 atom stereocenters. The minimum atomic E-state index is 0.119. The molecule has 0 radical (unpaired) electrons. The topological polar surface area (TPSA) is 30.5 Å². The van der Waals surface area contributed by atoms with E-state index in [1.165, 1.54) is 5.56 Å². The van der Waals surface area contributed by atoms with Gasteiger partial charge < -0.3 is 14.8 Å². The zero-order valence-corrected chi connectivity index (χ0v) is 12.8. The third-order valence-corrected chi connectivity index (χ3v) is 3.29. The number of ether oxygens (including phenoxy) is 2. The van der Waals surface area contributed by atoms with Crippen molar-refractivity contribution < 1.29 is 9.47 Å². The summed E-state index contributed by atoms with van der Waals surface area (Å²) in [7, 11) is 1.68. The standard InChI is InChI=1S/C16H27NO2/c1-6-10-17-14(7-2)13(4)19-15-9-8-12(3)11-16(15)18-5/h8-9,11,13-14,17H,6-7,10H2,1-5H3. The zero-order chi connectivity index (χ0) is 14.3. The Morgan fingerprint density at radius 1 is 1.21 bits per heavy atom. The molecule has 0 aliphatic rings. The highest BCUT2D eigenvalue weighted by Crippen LogP contribution is 2.29. The van der Waals surface area contributed by atoms with Crippen molar-refractivity contribution in [3.05, 3.63) is 23.8 Å². The molecule has 0 bridgehead atoms. The number of hydrogen-bond acceptors (Lipinski definition) is 3. The van der Waals surface area contributed by atoms with Crippen LogP contribution < -0.4 is 14.8 Å². The molecular formula is C16H27NO2. The summed E-state index contributed by atoms with van der Waals surface area (Å²) in [6.45, 7) is 9.54. The molecule has 108 valence electrons. The molecule has 1 aromatic rings. The van der Waals surface area contributed by atoms with Gasteiger partial charge in [-0.15, -0.1) is 0 Å². The van der Waals surface area contributed by atoms with Crippen LogP contribution in [0.15, 0.2) is 18.2 Å². The highest BCUT2D eigenvalue weighted by molar-refractivity contribution is 5.42. The van der Waals surface area contributed by atoms with Gasteiger partial charge in [0.25, 0.3) is 0 Å². The maximum absolute atomic E-state index is 6.05. The van der Waals surface area contributed by atoms with Gasteiger partial charge in [-0.3, -0.25) is 0 Å². The van der Waals surface area contributed by atoms with E-state index in [-0.39, 0.29) is 6.10 Å². The molecular weight excluding hydrogens is 238 g/mol. The summed E-state index contributed by atoms with van der Waals surface area (Å²) >= 11 is 0. The van der Waals surface area contributed by atoms with Gasteiger partial charge in [-0.25, -0.2) is 0 Å². The van der Waals surface area contributed by atoms with Gasteiger partial charge in [0.05, 0.1) is 7.11 Å². The van der Waals surface area contributed by atoms with Crippen molar-refractivity contribution in [3.8, 4) is 11.5 Å². The van der Waals surface area contributed by atoms with Gasteiger partial charge in [-0.1, -0.05) is 19.9 Å². The second-order valence-corrected chi connectivity index (χ2v) is 4.95. The molecule has 1 aromatic carbocycles. The Morgan fingerprint density at radius 2 is 1.95 bits per heavy atom. The summed E-state index contributed by atoms with van der Waals surface area (Å²) in [5.41, 5.74) is 1.17. The van der Waals surface area contributed by atoms with Crippen LogP contribution in [-0.4, -0.2) is 25.8 Å². The lowest BCUT2D eigenvalue weighted by Crippen LogP contribution is -2.41. The SMILES string of the molecule is CCCNC(CC)C(C)Oc1ccc(C)cc1OC. The molecule has 0 amide bonds. The predicted octanol–water partition coefficient (Wildman–Crippen LogP) is 3.55. The maximum Gasteiger partial charge on any atom is 0.161 e. The van der Waals surface area contributed by atoms with Gasteiger partial charge in [-0.2, -0.15) is 0 Å². The smallest absolute Gasteiger partial charge is 0.161 e. The molecule has 0 aliphatic carbocycles. The number of hydrogen-bond donors (Lipinski definition) is 1. The second-order valence-electron chi connectivity index (χ2n) is 4.95. The number of nitrogens with one attached hydrogen (secondary N) is 1. The third-order valence-electron chi connectivity index (χ3n) is 3.29. The van der Waals surface area contributed by atoms with Gasteiger partial charge in [0, 0.05) is 6.04 Å². The molecule has 2 unspecified atom stereocenters. The average molecular weight is 265 g/mol. The zero-order valence-electron chi connectivity index (χ0n) is 12.8. The van der Waals surface area contributed by atoms with E-state index in [2.05, 4.69) is 26.1 Å². The van der Waals surface area contributed by atoms with Crippen LogP contribution in [0, 0.1) is 6.92 Å². The first-order chi connectivity index (χ1) is 9.12. The fraction of sp³-hybridized carbons (Fsp3) is 0.625. The monoisotopic (exact) mass is 265 g/mol. The van der Waals surface area contributed by atoms with Crippen molar-refractivity contribution in [1.29, 1.82) is 0 Å². The van der Waals surface area contributed by atoms with Crippen molar-refractivity contribution in [3.63, 3.8) is 0 Å². The van der Waals surface area contributed by atoms with Gasteiger partial charge in [0.15, 0.2) is 11.5 Å². The van der Waals surface area contributed by atoms with Crippen LogP contribution in [0.4, 0.5) is 0 Å². The fourth-order valence-electron chi connectivity index (χ4n) is 2.13. The largest absolute Gasteiger partial charge is 0.493 e. The molecule has 0 spiro atoms. The Morgan fingerprint density at radius 3 is 2.53 bits per heavy atom. The summed E-state index contributed by atoms with van der Waals surface area (Å²) in [5.74, 6) is 1.62. The Hall–Kier alpha value is -1.22. The van der Waals surface area contributed by atoms with E-state index in [0.717, 1.165) is 30.9 Å². The summed E-state index contributed by atoms with van der Waals surface area (Å²) in [6, 6.07) is 6.40. The molecule has 3 nitrogen and oxygen atoms in total. The molecule has 0 saturated heterocycles. The number of aryl methyl sites for hydroxylation is 1. The van der Waals surface area contributed by atoms with Crippen molar-refractivity contribution in [1.82, 2.24) is 5.32 Å². The molecule has 0 saturated carbocycles. The Labute approximate surface area is 117 Å². The normalized spacial score (nSPS) is 13.9. The Kier molecular flexibility index (Phi) is 6.71. The quantitative estimate of drug-likeness (QED) is 0.779. The second kappa shape index (κ2) is 8.05. The van der Waals surface area contributed by atoms with Crippen molar-refractivity contribution >= 4 is 0 Å². The van der Waals surface area contributed by atoms with E-state index in [1.54, 1.807) is 7.11 Å². The average Bonchev–Trinajstić information content (AvgIpc) is 2.41. The predicted molar refractivity (Wildman–Crippen MR) is 80.2 cm³/mol. The lowest BCUT2D eigenvalue weighted by Gasteiger charge is -2.25. The third kappa shape index (κ3) is 4.75. The van der Waals surface area contributed by atoms with Crippen LogP contribution in [0.3, 0.4) is 0 Å². The molecule has 0 aliphatic heterocycles. The van der Waals surface area contributed by atoms with Crippen molar-refractivity contribution in [2.75, 3.05) is 13.7 Å². The van der Waals surface area contributed by atoms with E-state index < -0.39 is 0 Å². The highest BCUT2D eigenvalue weighted by Gasteiger charge is 2.17. The number of benzene rings is 1. The molecule has 1 rings (SSSR count). The van der Waals surface area contributed by atoms with E-state index in [0.29, 0.717) is 6.04 Å². The Balaban J connectivity index is 2.71. The first kappa shape index (κ1) is 15.8. The van der Waals surface area contributed by atoms with Gasteiger partial charge >= 0.3 is 0 Å². The van der Waals surface area contributed by atoms with Crippen LogP contribution in [-0.2, 0) is 0 Å². The molecule has 0 aromatic heterocycles. The highest BCUT2D eigenvalue weighted by atomic mass is 16.5. The lowest BCUT2D eigenvalue weighted by molar-refractivity contribution is 0.161. The minimum Gasteiger partial charge on any atom is -0.493 e. The molecule has 0 heterocycles. The van der Waals surface area contributed by atoms with Crippen LogP contribution in [0.1, 0.15) is 39.2 Å².